The SMILES string of the molecule is NC(=O)c1csc(C(=O)Nc2nnc(CC3CCCC3)s2)c1. The van der Waals surface area contributed by atoms with Gasteiger partial charge in [-0.15, -0.1) is 21.5 Å². The topological polar surface area (TPSA) is 98.0 Å². The molecule has 0 aliphatic heterocycles. The first-order valence-corrected chi connectivity index (χ1v) is 8.83. The Labute approximate surface area is 135 Å². The van der Waals surface area contributed by atoms with Gasteiger partial charge in [-0.05, 0) is 12.0 Å². The summed E-state index contributed by atoms with van der Waals surface area (Å²) >= 11 is 2.60. The number of thiophene rings is 1. The highest BCUT2D eigenvalue weighted by Crippen LogP contribution is 2.29. The van der Waals surface area contributed by atoms with E-state index in [0.29, 0.717) is 21.5 Å². The lowest BCUT2D eigenvalue weighted by Crippen LogP contribution is -2.11. The lowest BCUT2D eigenvalue weighted by Gasteiger charge is -2.03. The van der Waals surface area contributed by atoms with E-state index in [1.165, 1.54) is 54.4 Å². The molecule has 2 aromatic rings. The van der Waals surface area contributed by atoms with E-state index in [2.05, 4.69) is 15.5 Å². The second-order valence-corrected chi connectivity index (χ2v) is 7.35. The van der Waals surface area contributed by atoms with E-state index in [1.807, 2.05) is 0 Å². The van der Waals surface area contributed by atoms with Crippen molar-refractivity contribution in [1.29, 1.82) is 0 Å². The summed E-state index contributed by atoms with van der Waals surface area (Å²) in [7, 11) is 0. The van der Waals surface area contributed by atoms with E-state index in [4.69, 9.17) is 5.73 Å². The van der Waals surface area contributed by atoms with Gasteiger partial charge in [-0.1, -0.05) is 37.0 Å². The van der Waals surface area contributed by atoms with Gasteiger partial charge in [0.25, 0.3) is 5.91 Å². The van der Waals surface area contributed by atoms with Gasteiger partial charge < -0.3 is 5.73 Å². The number of nitrogens with one attached hydrogen (secondary N) is 1. The van der Waals surface area contributed by atoms with Gasteiger partial charge in [-0.3, -0.25) is 14.9 Å². The summed E-state index contributed by atoms with van der Waals surface area (Å²) in [4.78, 5) is 23.6. The Hall–Kier alpha value is -1.80. The first-order valence-electron chi connectivity index (χ1n) is 7.14. The minimum atomic E-state index is -0.537. The molecule has 6 nitrogen and oxygen atoms in total. The number of hydrogen-bond donors (Lipinski definition) is 2. The Morgan fingerprint density at radius 1 is 1.32 bits per heavy atom. The van der Waals surface area contributed by atoms with E-state index in [-0.39, 0.29) is 5.91 Å². The molecular weight excluding hydrogens is 320 g/mol. The van der Waals surface area contributed by atoms with Crippen LogP contribution in [0.2, 0.25) is 0 Å². The van der Waals surface area contributed by atoms with Gasteiger partial charge in [0.1, 0.15) is 5.01 Å². The van der Waals surface area contributed by atoms with Crippen LogP contribution in [0.1, 0.15) is 50.7 Å². The standard InChI is InChI=1S/C14H16N4O2S2/c15-12(19)9-6-10(21-7-9)13(20)16-14-18-17-11(22-14)5-8-3-1-2-4-8/h6-8H,1-5H2,(H2,15,19)(H,16,18,20). The van der Waals surface area contributed by atoms with Gasteiger partial charge in [-0.25, -0.2) is 0 Å². The minimum Gasteiger partial charge on any atom is -0.366 e. The van der Waals surface area contributed by atoms with Crippen molar-refractivity contribution in [2.45, 2.75) is 32.1 Å². The van der Waals surface area contributed by atoms with Crippen LogP contribution in [0.5, 0.6) is 0 Å². The van der Waals surface area contributed by atoms with Crippen molar-refractivity contribution in [2.75, 3.05) is 5.32 Å². The van der Waals surface area contributed by atoms with E-state index in [1.54, 1.807) is 5.38 Å². The molecule has 8 heteroatoms. The number of primary amides is 1. The van der Waals surface area contributed by atoms with Crippen LogP contribution < -0.4 is 11.1 Å². The average molecular weight is 336 g/mol. The summed E-state index contributed by atoms with van der Waals surface area (Å²) in [6.07, 6.45) is 6.05. The molecule has 2 aromatic heterocycles. The van der Waals surface area contributed by atoms with Gasteiger partial charge in [0, 0.05) is 11.8 Å². The fourth-order valence-electron chi connectivity index (χ4n) is 2.59. The molecule has 2 heterocycles. The zero-order chi connectivity index (χ0) is 15.5. The van der Waals surface area contributed by atoms with Crippen molar-refractivity contribution < 1.29 is 9.59 Å². The number of rotatable bonds is 5. The highest BCUT2D eigenvalue weighted by molar-refractivity contribution is 7.15. The number of amides is 2. The van der Waals surface area contributed by atoms with Crippen molar-refractivity contribution >= 4 is 39.6 Å². The molecule has 1 aliphatic rings. The summed E-state index contributed by atoms with van der Waals surface area (Å²) in [5.74, 6) is -0.127. The van der Waals surface area contributed by atoms with Crippen molar-refractivity contribution in [1.82, 2.24) is 10.2 Å². The molecule has 0 spiro atoms. The van der Waals surface area contributed by atoms with Crippen LogP contribution in [0.4, 0.5) is 5.13 Å². The van der Waals surface area contributed by atoms with Crippen LogP contribution in [-0.4, -0.2) is 22.0 Å². The zero-order valence-corrected chi connectivity index (χ0v) is 13.5. The Kier molecular flexibility index (Phi) is 4.49. The molecule has 0 bridgehead atoms. The number of nitrogens with zero attached hydrogens (tertiary/aromatic N) is 2. The molecule has 3 N–H and O–H groups in total. The molecule has 0 unspecified atom stereocenters. The molecule has 0 aromatic carbocycles. The van der Waals surface area contributed by atoms with Gasteiger partial charge >= 0.3 is 0 Å². The number of carbonyl (C=O) groups is 2. The Balaban J connectivity index is 1.61. The van der Waals surface area contributed by atoms with E-state index >= 15 is 0 Å². The maximum absolute atomic E-state index is 12.1. The molecule has 2 amide bonds. The highest BCUT2D eigenvalue weighted by Gasteiger charge is 2.19. The number of hydrogen-bond acceptors (Lipinski definition) is 6. The van der Waals surface area contributed by atoms with E-state index < -0.39 is 5.91 Å². The van der Waals surface area contributed by atoms with Crippen molar-refractivity contribution in [3.63, 3.8) is 0 Å². The smallest absolute Gasteiger partial charge is 0.267 e. The van der Waals surface area contributed by atoms with Crippen molar-refractivity contribution in [3.05, 3.63) is 26.9 Å². The second kappa shape index (κ2) is 6.53. The average Bonchev–Trinajstić information content (AvgIpc) is 3.19. The number of nitrogens with two attached hydrogens (primary N) is 1. The van der Waals surface area contributed by atoms with Crippen LogP contribution in [-0.2, 0) is 6.42 Å². The lowest BCUT2D eigenvalue weighted by molar-refractivity contribution is 0.100. The highest BCUT2D eigenvalue weighted by atomic mass is 32.1. The molecule has 0 saturated heterocycles. The summed E-state index contributed by atoms with van der Waals surface area (Å²) in [6, 6.07) is 1.49. The Morgan fingerprint density at radius 3 is 2.77 bits per heavy atom. The quantitative estimate of drug-likeness (QED) is 0.877. The van der Waals surface area contributed by atoms with Crippen molar-refractivity contribution in [2.24, 2.45) is 11.7 Å². The fourth-order valence-corrected chi connectivity index (χ4v) is 4.23. The van der Waals surface area contributed by atoms with Crippen LogP contribution >= 0.6 is 22.7 Å². The molecule has 1 fully saturated rings. The number of aromatic nitrogens is 2. The van der Waals surface area contributed by atoms with Gasteiger partial charge in [0.2, 0.25) is 11.0 Å². The summed E-state index contributed by atoms with van der Waals surface area (Å²) in [5.41, 5.74) is 5.52. The molecule has 0 atom stereocenters. The Bertz CT molecular complexity index is 689. The predicted octanol–water partition coefficient (Wildman–Crippen LogP) is 2.68. The van der Waals surface area contributed by atoms with Crippen LogP contribution in [0.25, 0.3) is 0 Å². The molecule has 0 radical (unpaired) electrons. The third-order valence-corrected chi connectivity index (χ3v) is 5.52. The third-order valence-electron chi connectivity index (χ3n) is 3.73. The fraction of sp³-hybridized carbons (Fsp3) is 0.429. The largest absolute Gasteiger partial charge is 0.366 e. The first kappa shape index (κ1) is 15.1. The molecular formula is C14H16N4O2S2. The molecule has 3 rings (SSSR count). The van der Waals surface area contributed by atoms with Crippen LogP contribution in [0.15, 0.2) is 11.4 Å². The van der Waals surface area contributed by atoms with Crippen molar-refractivity contribution in [3.8, 4) is 0 Å². The second-order valence-electron chi connectivity index (χ2n) is 5.37. The normalized spacial score (nSPS) is 15.1. The molecule has 116 valence electrons. The number of carbonyl (C=O) groups excluding carboxylic acids is 2. The summed E-state index contributed by atoms with van der Waals surface area (Å²) in [6.45, 7) is 0. The van der Waals surface area contributed by atoms with Gasteiger partial charge in [0.15, 0.2) is 0 Å². The maximum atomic E-state index is 12.1. The predicted molar refractivity (Wildman–Crippen MR) is 86.4 cm³/mol. The summed E-state index contributed by atoms with van der Waals surface area (Å²) < 4.78 is 0. The number of anilines is 1. The maximum Gasteiger partial charge on any atom is 0.267 e. The first-order chi connectivity index (χ1) is 10.6. The molecule has 1 aliphatic carbocycles. The zero-order valence-electron chi connectivity index (χ0n) is 11.9. The minimum absolute atomic E-state index is 0.291. The van der Waals surface area contributed by atoms with E-state index in [9.17, 15) is 9.59 Å². The van der Waals surface area contributed by atoms with Crippen LogP contribution in [0, 0.1) is 5.92 Å². The van der Waals surface area contributed by atoms with Gasteiger partial charge in [-0.2, -0.15) is 0 Å². The molecule has 22 heavy (non-hydrogen) atoms. The molecule has 1 saturated carbocycles. The Morgan fingerprint density at radius 2 is 2.09 bits per heavy atom. The van der Waals surface area contributed by atoms with Gasteiger partial charge in [0.05, 0.1) is 10.4 Å². The lowest BCUT2D eigenvalue weighted by atomic mass is 10.1. The monoisotopic (exact) mass is 336 g/mol. The van der Waals surface area contributed by atoms with E-state index in [0.717, 1.165) is 11.4 Å². The van der Waals surface area contributed by atoms with Crippen LogP contribution in [0.3, 0.4) is 0 Å². The third kappa shape index (κ3) is 3.50. The summed E-state index contributed by atoms with van der Waals surface area (Å²) in [5, 5.41) is 13.9.